The van der Waals surface area contributed by atoms with Gasteiger partial charge in [0.05, 0.1) is 77.3 Å². The van der Waals surface area contributed by atoms with E-state index < -0.39 is 36.6 Å². The Kier molecular flexibility index (Phi) is 20.0. The molecule has 0 aromatic carbocycles. The van der Waals surface area contributed by atoms with Crippen molar-refractivity contribution in [3.8, 4) is 0 Å². The maximum atomic E-state index is 9.75. The summed E-state index contributed by atoms with van der Waals surface area (Å²) in [4.78, 5) is 0. The first-order valence-electron chi connectivity index (χ1n) is 11.5. The van der Waals surface area contributed by atoms with Crippen molar-refractivity contribution in [1.29, 1.82) is 0 Å². The fourth-order valence-electron chi connectivity index (χ4n) is 2.26. The van der Waals surface area contributed by atoms with Crippen LogP contribution >= 0.6 is 0 Å². The molecule has 9 heteroatoms. The summed E-state index contributed by atoms with van der Waals surface area (Å²) in [5.41, 5.74) is 0. The SMILES string of the molecule is CCC(O)COCC(COCC(COCC(O)CC)OCC(O)CC)OCC(O)CC. The number of hydrogen-bond donors (Lipinski definition) is 4. The zero-order valence-electron chi connectivity index (χ0n) is 19.8. The zero-order valence-corrected chi connectivity index (χ0v) is 19.8. The minimum Gasteiger partial charge on any atom is -0.391 e. The molecule has 0 saturated carbocycles. The summed E-state index contributed by atoms with van der Waals surface area (Å²) in [6.07, 6.45) is -0.619. The fourth-order valence-corrected chi connectivity index (χ4v) is 2.26. The molecule has 0 heterocycles. The molecule has 0 amide bonds. The molecule has 0 saturated heterocycles. The summed E-state index contributed by atoms with van der Waals surface area (Å²) in [6.45, 7) is 9.14. The molecule has 0 fully saturated rings. The molecule has 188 valence electrons. The smallest absolute Gasteiger partial charge is 0.104 e. The minimum absolute atomic E-state index is 0.171. The summed E-state index contributed by atoms with van der Waals surface area (Å²) < 4.78 is 28.2. The molecule has 9 nitrogen and oxygen atoms in total. The molecular formula is C22H46O9. The van der Waals surface area contributed by atoms with E-state index in [1.807, 2.05) is 27.7 Å². The van der Waals surface area contributed by atoms with Crippen LogP contribution in [0, 0.1) is 0 Å². The lowest BCUT2D eigenvalue weighted by atomic mass is 10.3. The third-order valence-electron chi connectivity index (χ3n) is 4.77. The largest absolute Gasteiger partial charge is 0.391 e. The Morgan fingerprint density at radius 1 is 0.419 bits per heavy atom. The lowest BCUT2D eigenvalue weighted by molar-refractivity contribution is -0.118. The molecule has 0 aliphatic rings. The van der Waals surface area contributed by atoms with Crippen LogP contribution < -0.4 is 0 Å². The van der Waals surface area contributed by atoms with Crippen LogP contribution in [0.5, 0.6) is 0 Å². The van der Waals surface area contributed by atoms with Crippen LogP contribution in [0.1, 0.15) is 53.4 Å². The van der Waals surface area contributed by atoms with Crippen LogP contribution in [0.2, 0.25) is 0 Å². The van der Waals surface area contributed by atoms with Crippen LogP contribution in [0.3, 0.4) is 0 Å². The molecule has 0 aliphatic carbocycles. The summed E-state index contributed by atoms with van der Waals surface area (Å²) in [5.74, 6) is 0. The maximum absolute atomic E-state index is 9.75. The van der Waals surface area contributed by atoms with Crippen molar-refractivity contribution in [2.75, 3.05) is 52.9 Å². The standard InChI is InChI=1S/C22H46O9/c1-5-17(23)9-27-13-21(30-11-19(25)7-3)15-29-16-22(31-12-20(26)8-4)14-28-10-18(24)6-2/h17-26H,5-16H2,1-4H3. The van der Waals surface area contributed by atoms with Crippen molar-refractivity contribution in [3.63, 3.8) is 0 Å². The van der Waals surface area contributed by atoms with Gasteiger partial charge in [-0.2, -0.15) is 0 Å². The molecule has 0 aromatic rings. The molecular weight excluding hydrogens is 408 g/mol. The van der Waals surface area contributed by atoms with Crippen molar-refractivity contribution in [2.24, 2.45) is 0 Å². The summed E-state index contributed by atoms with van der Waals surface area (Å²) in [6, 6.07) is 0. The topological polar surface area (TPSA) is 127 Å². The monoisotopic (exact) mass is 454 g/mol. The summed E-state index contributed by atoms with van der Waals surface area (Å²) >= 11 is 0. The Hall–Kier alpha value is -0.360. The highest BCUT2D eigenvalue weighted by Gasteiger charge is 2.17. The predicted molar refractivity (Wildman–Crippen MR) is 117 cm³/mol. The molecule has 6 unspecified atom stereocenters. The Labute approximate surface area is 187 Å². The third-order valence-corrected chi connectivity index (χ3v) is 4.77. The van der Waals surface area contributed by atoms with E-state index >= 15 is 0 Å². The lowest BCUT2D eigenvalue weighted by Gasteiger charge is -2.23. The third kappa shape index (κ3) is 17.8. The van der Waals surface area contributed by atoms with E-state index in [4.69, 9.17) is 23.7 Å². The normalized spacial score (nSPS) is 17.8. The van der Waals surface area contributed by atoms with Gasteiger partial charge in [-0.15, -0.1) is 0 Å². The molecule has 4 N–H and O–H groups in total. The van der Waals surface area contributed by atoms with E-state index in [2.05, 4.69) is 0 Å². The highest BCUT2D eigenvalue weighted by Crippen LogP contribution is 2.05. The van der Waals surface area contributed by atoms with Crippen LogP contribution in [-0.2, 0) is 23.7 Å². The van der Waals surface area contributed by atoms with Crippen LogP contribution in [0.25, 0.3) is 0 Å². The number of rotatable bonds is 22. The van der Waals surface area contributed by atoms with E-state index in [1.165, 1.54) is 0 Å². The molecule has 0 rings (SSSR count). The van der Waals surface area contributed by atoms with Crippen molar-refractivity contribution in [1.82, 2.24) is 0 Å². The number of ether oxygens (including phenoxy) is 5. The van der Waals surface area contributed by atoms with Crippen molar-refractivity contribution in [3.05, 3.63) is 0 Å². The van der Waals surface area contributed by atoms with Gasteiger partial charge in [-0.1, -0.05) is 27.7 Å². The van der Waals surface area contributed by atoms with Crippen molar-refractivity contribution < 1.29 is 44.1 Å². The molecule has 31 heavy (non-hydrogen) atoms. The predicted octanol–water partition coefficient (Wildman–Crippen LogP) is 0.890. The van der Waals surface area contributed by atoms with Gasteiger partial charge in [0.2, 0.25) is 0 Å². The molecule has 0 aromatic heterocycles. The van der Waals surface area contributed by atoms with Gasteiger partial charge >= 0.3 is 0 Å². The first-order chi connectivity index (χ1) is 14.9. The van der Waals surface area contributed by atoms with E-state index in [0.29, 0.717) is 25.7 Å². The second kappa shape index (κ2) is 20.3. The molecule has 0 radical (unpaired) electrons. The average Bonchev–Trinajstić information content (AvgIpc) is 2.78. The molecule has 0 bridgehead atoms. The van der Waals surface area contributed by atoms with Gasteiger partial charge in [-0.05, 0) is 25.7 Å². The van der Waals surface area contributed by atoms with E-state index in [9.17, 15) is 20.4 Å². The van der Waals surface area contributed by atoms with Gasteiger partial charge in [0.15, 0.2) is 0 Å². The van der Waals surface area contributed by atoms with Crippen LogP contribution in [0.15, 0.2) is 0 Å². The van der Waals surface area contributed by atoms with Gasteiger partial charge in [0.1, 0.15) is 12.2 Å². The van der Waals surface area contributed by atoms with Gasteiger partial charge in [-0.3, -0.25) is 0 Å². The summed E-state index contributed by atoms with van der Waals surface area (Å²) in [5, 5.41) is 38.8. The Morgan fingerprint density at radius 3 is 0.968 bits per heavy atom. The number of aliphatic hydroxyl groups excluding tert-OH is 4. The average molecular weight is 455 g/mol. The van der Waals surface area contributed by atoms with Crippen molar-refractivity contribution >= 4 is 0 Å². The van der Waals surface area contributed by atoms with E-state index in [1.54, 1.807) is 0 Å². The minimum atomic E-state index is -0.561. The molecule has 0 aliphatic heterocycles. The van der Waals surface area contributed by atoms with E-state index in [0.717, 1.165) is 0 Å². The van der Waals surface area contributed by atoms with E-state index in [-0.39, 0.29) is 52.9 Å². The van der Waals surface area contributed by atoms with Gasteiger partial charge in [0, 0.05) is 0 Å². The van der Waals surface area contributed by atoms with Gasteiger partial charge in [-0.25, -0.2) is 0 Å². The first-order valence-corrected chi connectivity index (χ1v) is 11.5. The second-order valence-corrected chi connectivity index (χ2v) is 7.77. The van der Waals surface area contributed by atoms with Crippen LogP contribution in [-0.4, -0.2) is 110 Å². The highest BCUT2D eigenvalue weighted by atomic mass is 16.6. The number of hydrogen-bond acceptors (Lipinski definition) is 9. The Bertz CT molecular complexity index is 352. The first kappa shape index (κ1) is 30.6. The second-order valence-electron chi connectivity index (χ2n) is 7.77. The van der Waals surface area contributed by atoms with Gasteiger partial charge in [0.25, 0.3) is 0 Å². The highest BCUT2D eigenvalue weighted by molar-refractivity contribution is 4.63. The Balaban J connectivity index is 4.56. The molecule has 0 spiro atoms. The lowest BCUT2D eigenvalue weighted by Crippen LogP contribution is -2.34. The quantitative estimate of drug-likeness (QED) is 0.189. The maximum Gasteiger partial charge on any atom is 0.104 e. The zero-order chi connectivity index (χ0) is 23.5. The fraction of sp³-hybridized carbons (Fsp3) is 1.00. The number of aliphatic hydroxyl groups is 4. The van der Waals surface area contributed by atoms with Crippen LogP contribution in [0.4, 0.5) is 0 Å². The van der Waals surface area contributed by atoms with Gasteiger partial charge < -0.3 is 44.1 Å². The Morgan fingerprint density at radius 2 is 0.677 bits per heavy atom. The van der Waals surface area contributed by atoms with Crippen molar-refractivity contribution in [2.45, 2.75) is 90.0 Å². The summed E-state index contributed by atoms with van der Waals surface area (Å²) in [7, 11) is 0. The molecule has 6 atom stereocenters.